The van der Waals surface area contributed by atoms with Crippen molar-refractivity contribution >= 4 is 0 Å². The van der Waals surface area contributed by atoms with E-state index in [1.807, 2.05) is 7.11 Å². The molecule has 0 radical (unpaired) electrons. The topological polar surface area (TPSA) is 30.5 Å². The van der Waals surface area contributed by atoms with Gasteiger partial charge in [-0.1, -0.05) is 13.8 Å². The molecular weight excluding hydrogens is 202 g/mol. The fourth-order valence-corrected chi connectivity index (χ4v) is 2.87. The van der Waals surface area contributed by atoms with Crippen LogP contribution < -0.4 is 5.32 Å². The molecule has 0 aromatic heterocycles. The molecule has 16 heavy (non-hydrogen) atoms. The first kappa shape index (κ1) is 12.3. The van der Waals surface area contributed by atoms with E-state index in [1.165, 1.54) is 6.42 Å². The Morgan fingerprint density at radius 3 is 2.62 bits per heavy atom. The fraction of sp³-hybridized carbons (Fsp3) is 1.00. The first-order valence-corrected chi connectivity index (χ1v) is 6.36. The van der Waals surface area contributed by atoms with Gasteiger partial charge in [0.25, 0.3) is 0 Å². The first-order chi connectivity index (χ1) is 7.49. The first-order valence-electron chi connectivity index (χ1n) is 6.36. The van der Waals surface area contributed by atoms with Gasteiger partial charge in [0, 0.05) is 31.7 Å². The highest BCUT2D eigenvalue weighted by Gasteiger charge is 2.57. The Morgan fingerprint density at radius 1 is 1.38 bits per heavy atom. The Balaban J connectivity index is 1.80. The molecule has 2 fully saturated rings. The van der Waals surface area contributed by atoms with E-state index >= 15 is 0 Å². The molecule has 0 bridgehead atoms. The predicted molar refractivity (Wildman–Crippen MR) is 64.5 cm³/mol. The summed E-state index contributed by atoms with van der Waals surface area (Å²) in [6.45, 7) is 9.77. The van der Waals surface area contributed by atoms with Crippen molar-refractivity contribution in [2.45, 2.75) is 45.3 Å². The molecule has 2 rings (SSSR count). The standard InChI is InChI=1S/C13H25NO2/c1-12(2)11(7-13(12,3)15-4)14-8-10-5-6-16-9-10/h10-11,14H,5-9H2,1-4H3. The van der Waals surface area contributed by atoms with Crippen molar-refractivity contribution in [1.82, 2.24) is 5.32 Å². The maximum absolute atomic E-state index is 5.63. The lowest BCUT2D eigenvalue weighted by Crippen LogP contribution is -2.68. The van der Waals surface area contributed by atoms with E-state index in [9.17, 15) is 0 Å². The largest absolute Gasteiger partial charge is 0.381 e. The fourth-order valence-electron chi connectivity index (χ4n) is 2.87. The van der Waals surface area contributed by atoms with E-state index in [-0.39, 0.29) is 11.0 Å². The minimum absolute atomic E-state index is 0.0385. The number of nitrogens with one attached hydrogen (secondary N) is 1. The molecule has 1 heterocycles. The molecule has 94 valence electrons. The highest BCUT2D eigenvalue weighted by molar-refractivity contribution is 5.11. The van der Waals surface area contributed by atoms with Crippen molar-refractivity contribution in [1.29, 1.82) is 0 Å². The number of rotatable bonds is 4. The van der Waals surface area contributed by atoms with Crippen LogP contribution >= 0.6 is 0 Å². The summed E-state index contributed by atoms with van der Waals surface area (Å²) in [7, 11) is 1.82. The molecule has 0 spiro atoms. The van der Waals surface area contributed by atoms with Crippen LogP contribution in [0.5, 0.6) is 0 Å². The lowest BCUT2D eigenvalue weighted by molar-refractivity contribution is -0.180. The number of ether oxygens (including phenoxy) is 2. The predicted octanol–water partition coefficient (Wildman–Crippen LogP) is 1.82. The number of methoxy groups -OCH3 is 1. The van der Waals surface area contributed by atoms with Gasteiger partial charge in [-0.25, -0.2) is 0 Å². The second-order valence-corrected chi connectivity index (χ2v) is 6.05. The Kier molecular flexibility index (Phi) is 3.30. The Morgan fingerprint density at radius 2 is 2.12 bits per heavy atom. The summed E-state index contributed by atoms with van der Waals surface area (Å²) in [5, 5.41) is 3.68. The average Bonchev–Trinajstić information content (AvgIpc) is 2.76. The molecule has 1 aliphatic carbocycles. The zero-order valence-corrected chi connectivity index (χ0v) is 11.0. The molecule has 3 atom stereocenters. The zero-order valence-electron chi connectivity index (χ0n) is 11.0. The summed E-state index contributed by atoms with van der Waals surface area (Å²) in [6, 6.07) is 0.582. The second-order valence-electron chi connectivity index (χ2n) is 6.05. The summed E-state index contributed by atoms with van der Waals surface area (Å²) in [4.78, 5) is 0. The van der Waals surface area contributed by atoms with E-state index in [0.717, 1.165) is 26.2 Å². The van der Waals surface area contributed by atoms with Crippen molar-refractivity contribution < 1.29 is 9.47 Å². The van der Waals surface area contributed by atoms with Crippen LogP contribution in [0.4, 0.5) is 0 Å². The molecule has 0 aromatic rings. The van der Waals surface area contributed by atoms with Gasteiger partial charge in [-0.15, -0.1) is 0 Å². The van der Waals surface area contributed by atoms with Crippen LogP contribution in [0.1, 0.15) is 33.6 Å². The SMILES string of the molecule is COC1(C)CC(NCC2CCOC2)C1(C)C. The summed E-state index contributed by atoms with van der Waals surface area (Å²) < 4.78 is 11.0. The van der Waals surface area contributed by atoms with Crippen LogP contribution in [0, 0.1) is 11.3 Å². The van der Waals surface area contributed by atoms with Gasteiger partial charge in [-0.2, -0.15) is 0 Å². The molecule has 3 unspecified atom stereocenters. The summed E-state index contributed by atoms with van der Waals surface area (Å²) in [5.74, 6) is 0.713. The molecule has 0 amide bonds. The summed E-state index contributed by atoms with van der Waals surface area (Å²) in [5.41, 5.74) is 0.262. The number of hydrogen-bond donors (Lipinski definition) is 1. The van der Waals surface area contributed by atoms with Crippen LogP contribution in [-0.4, -0.2) is 38.5 Å². The summed E-state index contributed by atoms with van der Waals surface area (Å²) >= 11 is 0. The van der Waals surface area contributed by atoms with Crippen molar-refractivity contribution in [3.05, 3.63) is 0 Å². The van der Waals surface area contributed by atoms with Crippen LogP contribution in [0.2, 0.25) is 0 Å². The highest BCUT2D eigenvalue weighted by atomic mass is 16.5. The van der Waals surface area contributed by atoms with Crippen LogP contribution in [0.15, 0.2) is 0 Å². The van der Waals surface area contributed by atoms with Gasteiger partial charge in [-0.05, 0) is 25.7 Å². The molecular formula is C13H25NO2. The minimum atomic E-state index is 0.0385. The number of hydrogen-bond acceptors (Lipinski definition) is 3. The molecule has 3 heteroatoms. The van der Waals surface area contributed by atoms with Gasteiger partial charge >= 0.3 is 0 Å². The molecule has 1 N–H and O–H groups in total. The Bertz CT molecular complexity index is 248. The lowest BCUT2D eigenvalue weighted by atomic mass is 9.56. The summed E-state index contributed by atoms with van der Waals surface area (Å²) in [6.07, 6.45) is 2.33. The third-order valence-corrected chi connectivity index (χ3v) is 4.96. The van der Waals surface area contributed by atoms with Crippen LogP contribution in [-0.2, 0) is 9.47 Å². The van der Waals surface area contributed by atoms with E-state index < -0.39 is 0 Å². The molecule has 1 saturated carbocycles. The normalized spacial score (nSPS) is 42.0. The Hall–Kier alpha value is -0.120. The van der Waals surface area contributed by atoms with Crippen molar-refractivity contribution in [3.8, 4) is 0 Å². The quantitative estimate of drug-likeness (QED) is 0.794. The zero-order chi connectivity index (χ0) is 11.8. The maximum atomic E-state index is 5.63. The van der Waals surface area contributed by atoms with Crippen molar-refractivity contribution in [2.75, 3.05) is 26.9 Å². The van der Waals surface area contributed by atoms with Crippen LogP contribution in [0.3, 0.4) is 0 Å². The van der Waals surface area contributed by atoms with Gasteiger partial charge in [-0.3, -0.25) is 0 Å². The minimum Gasteiger partial charge on any atom is -0.381 e. The molecule has 3 nitrogen and oxygen atoms in total. The van der Waals surface area contributed by atoms with E-state index in [4.69, 9.17) is 9.47 Å². The van der Waals surface area contributed by atoms with Crippen LogP contribution in [0.25, 0.3) is 0 Å². The third-order valence-electron chi connectivity index (χ3n) is 4.96. The van der Waals surface area contributed by atoms with Crippen molar-refractivity contribution in [2.24, 2.45) is 11.3 Å². The van der Waals surface area contributed by atoms with Gasteiger partial charge in [0.2, 0.25) is 0 Å². The lowest BCUT2D eigenvalue weighted by Gasteiger charge is -2.59. The molecule has 2 aliphatic rings. The molecule has 1 aliphatic heterocycles. The Labute approximate surface area is 98.9 Å². The van der Waals surface area contributed by atoms with Gasteiger partial charge in [0.1, 0.15) is 0 Å². The third kappa shape index (κ3) is 1.89. The monoisotopic (exact) mass is 227 g/mol. The van der Waals surface area contributed by atoms with E-state index in [0.29, 0.717) is 12.0 Å². The van der Waals surface area contributed by atoms with Gasteiger partial charge in [0.15, 0.2) is 0 Å². The van der Waals surface area contributed by atoms with Gasteiger partial charge < -0.3 is 14.8 Å². The molecule has 1 saturated heterocycles. The smallest absolute Gasteiger partial charge is 0.0731 e. The molecule has 0 aromatic carbocycles. The van der Waals surface area contributed by atoms with Gasteiger partial charge in [0.05, 0.1) is 12.2 Å². The average molecular weight is 227 g/mol. The van der Waals surface area contributed by atoms with Crippen molar-refractivity contribution in [3.63, 3.8) is 0 Å². The second kappa shape index (κ2) is 4.28. The van der Waals surface area contributed by atoms with E-state index in [1.54, 1.807) is 0 Å². The highest BCUT2D eigenvalue weighted by Crippen LogP contribution is 2.51. The van der Waals surface area contributed by atoms with E-state index in [2.05, 4.69) is 26.1 Å². The maximum Gasteiger partial charge on any atom is 0.0731 e.